The molecule has 112 heavy (non-hydrogen) atoms. The molecule has 0 spiro atoms. The molecule has 0 amide bonds. The number of aromatic nitrogens is 10. The summed E-state index contributed by atoms with van der Waals surface area (Å²) in [5, 5.41) is 6.40. The summed E-state index contributed by atoms with van der Waals surface area (Å²) in [7, 11) is 0. The summed E-state index contributed by atoms with van der Waals surface area (Å²) in [5.41, 5.74) is 21.0. The van der Waals surface area contributed by atoms with E-state index in [0.717, 1.165) is 141 Å². The molecule has 0 N–H and O–H groups in total. The second-order valence-electron chi connectivity index (χ2n) is 27.7. The molecule has 0 fully saturated rings. The van der Waals surface area contributed by atoms with Crippen molar-refractivity contribution in [2.75, 3.05) is 0 Å². The highest BCUT2D eigenvalue weighted by Gasteiger charge is 2.25. The van der Waals surface area contributed by atoms with Crippen molar-refractivity contribution in [2.24, 2.45) is 0 Å². The maximum Gasteiger partial charge on any atom is 0.180 e. The Bertz CT molecular complexity index is 7380. The van der Waals surface area contributed by atoms with E-state index in [9.17, 15) is 0 Å². The Labute approximate surface area is 648 Å². The van der Waals surface area contributed by atoms with Crippen LogP contribution in [0.2, 0.25) is 0 Å². The van der Waals surface area contributed by atoms with Gasteiger partial charge in [0.15, 0.2) is 57.8 Å². The normalized spacial score (nSPS) is 11.8. The fourth-order valence-electron chi connectivity index (χ4n) is 15.4. The molecule has 14 aromatic carbocycles. The first-order valence-electron chi connectivity index (χ1n) is 36.9. The van der Waals surface area contributed by atoms with Crippen molar-refractivity contribution >= 4 is 107 Å². The Balaban J connectivity index is 0.602. The Morgan fingerprint density at radius 1 is 0.196 bits per heavy atom. The summed E-state index contributed by atoms with van der Waals surface area (Å²) in [6, 6.07) is 117. The van der Waals surface area contributed by atoms with Crippen LogP contribution in [0.3, 0.4) is 0 Å². The molecule has 22 rings (SSSR count). The lowest BCUT2D eigenvalue weighted by molar-refractivity contribution is 0.667. The van der Waals surface area contributed by atoms with Crippen LogP contribution in [0.15, 0.2) is 349 Å². The molecule has 0 saturated heterocycles. The molecule has 22 aromatic rings. The number of para-hydroxylation sites is 1. The van der Waals surface area contributed by atoms with Crippen molar-refractivity contribution < 1.29 is 8.83 Å². The number of fused-ring (bicyclic) bond motifs is 12. The van der Waals surface area contributed by atoms with Crippen molar-refractivity contribution in [1.82, 2.24) is 49.8 Å². The zero-order chi connectivity index (χ0) is 73.7. The highest BCUT2D eigenvalue weighted by molar-refractivity contribution is 7.26. The van der Waals surface area contributed by atoms with Gasteiger partial charge in [-0.3, -0.25) is 0 Å². The molecule has 12 nitrogen and oxygen atoms in total. The third kappa shape index (κ3) is 11.3. The van der Waals surface area contributed by atoms with Crippen molar-refractivity contribution in [2.45, 2.75) is 0 Å². The fourth-order valence-corrected chi connectivity index (χ4v) is 17.9. The van der Waals surface area contributed by atoms with Gasteiger partial charge in [0, 0.05) is 107 Å². The van der Waals surface area contributed by atoms with Gasteiger partial charge in [0.25, 0.3) is 0 Å². The van der Waals surface area contributed by atoms with E-state index in [4.69, 9.17) is 58.7 Å². The molecular formula is C98H56N10O2S2. The number of rotatable bonds is 13. The number of thiophene rings is 2. The van der Waals surface area contributed by atoms with Gasteiger partial charge in [-0.1, -0.05) is 285 Å². The van der Waals surface area contributed by atoms with Gasteiger partial charge < -0.3 is 8.83 Å². The predicted molar refractivity (Wildman–Crippen MR) is 455 cm³/mol. The SMILES string of the molecule is c1ccc(-c2nc(-c3ccccc3)nc(-c3ccc4c(c3)sc3c(-c5cccc(-c6nc(-c7ccc(-c8ccc9oc%10c(-c%11ccccc%11)nc(-c%11cccc(-c%12cccc%13sc%14c(-c%15nc(-c%16ccccc%16)nc(-c%16ccccc%16)n%15)cccc%14c%12%13)c%11)nc%10c9c8)cc7)c7oc8ccccc8c7n6)c5)cccc34)n2)cc1. The number of furan rings is 2. The number of nitrogens with zero attached hydrogens (tertiary/aromatic N) is 10. The molecular weight excluding hydrogens is 1410 g/mol. The molecule has 0 bridgehead atoms. The summed E-state index contributed by atoms with van der Waals surface area (Å²) in [6.45, 7) is 0. The molecule has 0 aliphatic heterocycles. The first kappa shape index (κ1) is 64.5. The topological polar surface area (TPSA) is 155 Å². The lowest BCUT2D eigenvalue weighted by Gasteiger charge is -2.10. The molecule has 0 unspecified atom stereocenters. The number of hydrogen-bond acceptors (Lipinski definition) is 14. The van der Waals surface area contributed by atoms with Gasteiger partial charge in [0.2, 0.25) is 0 Å². The Morgan fingerprint density at radius 2 is 0.580 bits per heavy atom. The van der Waals surface area contributed by atoms with Crippen molar-refractivity contribution in [1.29, 1.82) is 0 Å². The van der Waals surface area contributed by atoms with Crippen LogP contribution in [0, 0.1) is 0 Å². The summed E-state index contributed by atoms with van der Waals surface area (Å²) in [4.78, 5) is 52.0. The van der Waals surface area contributed by atoms with Crippen LogP contribution >= 0.6 is 22.7 Å². The third-order valence-electron chi connectivity index (χ3n) is 20.9. The lowest BCUT2D eigenvalue weighted by atomic mass is 9.97. The minimum atomic E-state index is 0.582. The van der Waals surface area contributed by atoms with E-state index in [1.165, 1.54) is 15.5 Å². The summed E-state index contributed by atoms with van der Waals surface area (Å²) >= 11 is 3.52. The molecule has 8 aromatic heterocycles. The van der Waals surface area contributed by atoms with Crippen molar-refractivity contribution in [3.05, 3.63) is 340 Å². The molecule has 0 aliphatic rings. The Morgan fingerprint density at radius 3 is 1.18 bits per heavy atom. The number of hydrogen-bond donors (Lipinski definition) is 0. The van der Waals surface area contributed by atoms with Crippen LogP contribution in [-0.2, 0) is 0 Å². The Hall–Kier alpha value is -14.7. The quantitative estimate of drug-likeness (QED) is 0.108. The molecule has 0 atom stereocenters. The summed E-state index contributed by atoms with van der Waals surface area (Å²) in [6.07, 6.45) is 0. The molecule has 0 saturated carbocycles. The van der Waals surface area contributed by atoms with Crippen LogP contribution in [0.1, 0.15) is 0 Å². The van der Waals surface area contributed by atoms with Crippen molar-refractivity contribution in [3.63, 3.8) is 0 Å². The van der Waals surface area contributed by atoms with Gasteiger partial charge in [-0.25, -0.2) is 49.8 Å². The predicted octanol–water partition coefficient (Wildman–Crippen LogP) is 25.8. The van der Waals surface area contributed by atoms with Crippen LogP contribution in [0.5, 0.6) is 0 Å². The van der Waals surface area contributed by atoms with E-state index < -0.39 is 0 Å². The minimum absolute atomic E-state index is 0.582. The molecule has 0 aliphatic carbocycles. The minimum Gasteiger partial charge on any atom is -0.452 e. The first-order valence-corrected chi connectivity index (χ1v) is 38.5. The highest BCUT2D eigenvalue weighted by atomic mass is 32.1. The Kier molecular flexibility index (Phi) is 15.3. The molecule has 522 valence electrons. The second kappa shape index (κ2) is 26.6. The van der Waals surface area contributed by atoms with Gasteiger partial charge in [0.1, 0.15) is 33.6 Å². The lowest BCUT2D eigenvalue weighted by Crippen LogP contribution is -2.00. The monoisotopic (exact) mass is 1470 g/mol. The van der Waals surface area contributed by atoms with Crippen molar-refractivity contribution in [3.8, 4) is 147 Å². The zero-order valence-corrected chi connectivity index (χ0v) is 61.1. The van der Waals surface area contributed by atoms with Gasteiger partial charge in [-0.05, 0) is 88.0 Å². The molecule has 8 heterocycles. The van der Waals surface area contributed by atoms with Crippen LogP contribution in [0.25, 0.3) is 231 Å². The second-order valence-corrected chi connectivity index (χ2v) is 29.8. The fraction of sp³-hybridized carbons (Fsp3) is 0. The van der Waals surface area contributed by atoms with E-state index in [1.807, 2.05) is 164 Å². The maximum atomic E-state index is 6.83. The highest BCUT2D eigenvalue weighted by Crippen LogP contribution is 2.47. The van der Waals surface area contributed by atoms with E-state index in [-0.39, 0.29) is 0 Å². The largest absolute Gasteiger partial charge is 0.452 e. The summed E-state index contributed by atoms with van der Waals surface area (Å²) in [5.74, 6) is 4.90. The first-order chi connectivity index (χ1) is 55.4. The van der Waals surface area contributed by atoms with Gasteiger partial charge in [-0.15, -0.1) is 22.7 Å². The van der Waals surface area contributed by atoms with E-state index in [0.29, 0.717) is 74.7 Å². The third-order valence-corrected chi connectivity index (χ3v) is 23.3. The van der Waals surface area contributed by atoms with Crippen LogP contribution < -0.4 is 0 Å². The summed E-state index contributed by atoms with van der Waals surface area (Å²) < 4.78 is 18.1. The van der Waals surface area contributed by atoms with Gasteiger partial charge in [0.05, 0.1) is 0 Å². The zero-order valence-electron chi connectivity index (χ0n) is 59.4. The maximum absolute atomic E-state index is 6.83. The van der Waals surface area contributed by atoms with Crippen LogP contribution in [0.4, 0.5) is 0 Å². The van der Waals surface area contributed by atoms with Gasteiger partial charge >= 0.3 is 0 Å². The van der Waals surface area contributed by atoms with E-state index in [2.05, 4.69) is 176 Å². The van der Waals surface area contributed by atoms with Crippen LogP contribution in [-0.4, -0.2) is 49.8 Å². The van der Waals surface area contributed by atoms with E-state index in [1.54, 1.807) is 22.7 Å². The van der Waals surface area contributed by atoms with Gasteiger partial charge in [-0.2, -0.15) is 0 Å². The smallest absolute Gasteiger partial charge is 0.180 e. The average molecular weight is 1470 g/mol. The standard InChI is InChI=1S/C98H56N10O2S2/c1-6-23-58(24-7-1)83-88-86(102-96(99-83)67-35-18-33-65(53-67)70-38-22-44-80-82(70)75-41-21-42-76(90(75)111-80)98-107-93(62-29-12-4-13-30-62)104-94(108-98)63-31-14-5-15-32-63)77-55-64(50-52-79(77)110-88)57-45-47-59(48-46-57)84-87-85(74-37-16-17-43-78(74)109-87)101-95(100-84)68-36-19-34-66(54-68)71-39-20-40-73-72-51-49-69(56-81(72)112-89(71)73)97-105-91(60-25-8-2-9-26-60)103-92(106-97)61-27-10-3-11-28-61/h1-56H. The molecule has 14 heteroatoms. The number of benzene rings is 14. The molecule has 0 radical (unpaired) electrons. The average Bonchev–Trinajstić information content (AvgIpc) is 1.48. The van der Waals surface area contributed by atoms with E-state index >= 15 is 0 Å².